The van der Waals surface area contributed by atoms with Gasteiger partial charge in [0.25, 0.3) is 5.91 Å². The van der Waals surface area contributed by atoms with Crippen LogP contribution in [-0.4, -0.2) is 57.1 Å². The molecule has 0 unspecified atom stereocenters. The van der Waals surface area contributed by atoms with Gasteiger partial charge in [0.1, 0.15) is 0 Å². The molecule has 1 aliphatic rings. The zero-order valence-corrected chi connectivity index (χ0v) is 20.3. The first-order chi connectivity index (χ1) is 16.8. The third kappa shape index (κ3) is 5.86. The normalized spacial score (nSPS) is 14.0. The van der Waals surface area contributed by atoms with E-state index in [9.17, 15) is 14.4 Å². The number of hydrogen-bond acceptors (Lipinski definition) is 6. The van der Waals surface area contributed by atoms with Gasteiger partial charge >= 0.3 is 5.97 Å². The summed E-state index contributed by atoms with van der Waals surface area (Å²) >= 11 is 6.17. The van der Waals surface area contributed by atoms with Crippen LogP contribution in [0.3, 0.4) is 0 Å². The number of likely N-dealkylation sites (tertiary alicyclic amines) is 1. The van der Waals surface area contributed by atoms with Gasteiger partial charge in [-0.25, -0.2) is 14.5 Å². The molecule has 1 aromatic carbocycles. The van der Waals surface area contributed by atoms with Crippen molar-refractivity contribution in [3.8, 4) is 5.82 Å². The SMILES string of the molecule is Cc1cc(C)n(-c2ccc(Cl)c(C(=O)OCC(=O)N3CCC(C(=O)Nc4ccccc4)CC3)n2)n1. The molecule has 1 N–H and O–H groups in total. The molecule has 2 amide bonds. The van der Waals surface area contributed by atoms with Crippen molar-refractivity contribution in [2.45, 2.75) is 26.7 Å². The number of carbonyl (C=O) groups is 3. The van der Waals surface area contributed by atoms with Crippen molar-refractivity contribution in [2.75, 3.05) is 25.0 Å². The number of halogens is 1. The third-order valence-corrected chi connectivity index (χ3v) is 6.14. The summed E-state index contributed by atoms with van der Waals surface area (Å²) in [5, 5.41) is 7.38. The number of hydrogen-bond donors (Lipinski definition) is 1. The number of aromatic nitrogens is 3. The summed E-state index contributed by atoms with van der Waals surface area (Å²) in [5.74, 6) is -0.927. The van der Waals surface area contributed by atoms with Gasteiger partial charge in [0.15, 0.2) is 18.1 Å². The summed E-state index contributed by atoms with van der Waals surface area (Å²) in [6.07, 6.45) is 1.08. The molecule has 3 aromatic rings. The molecule has 0 aliphatic carbocycles. The summed E-state index contributed by atoms with van der Waals surface area (Å²) in [4.78, 5) is 43.6. The number of esters is 1. The molecular weight excluding hydrogens is 470 g/mol. The number of anilines is 1. The monoisotopic (exact) mass is 495 g/mol. The van der Waals surface area contributed by atoms with Gasteiger partial charge in [0, 0.05) is 30.4 Å². The summed E-state index contributed by atoms with van der Waals surface area (Å²) in [7, 11) is 0. The van der Waals surface area contributed by atoms with Gasteiger partial charge in [0.05, 0.1) is 10.7 Å². The zero-order valence-electron chi connectivity index (χ0n) is 19.5. The van der Waals surface area contributed by atoms with Crippen molar-refractivity contribution in [2.24, 2.45) is 5.92 Å². The summed E-state index contributed by atoms with van der Waals surface area (Å²) in [5.41, 5.74) is 2.33. The molecule has 0 atom stereocenters. The average molecular weight is 496 g/mol. The minimum absolute atomic E-state index is 0.0575. The molecule has 0 saturated carbocycles. The molecule has 1 saturated heterocycles. The lowest BCUT2D eigenvalue weighted by Crippen LogP contribution is -2.43. The van der Waals surface area contributed by atoms with Crippen LogP contribution < -0.4 is 5.32 Å². The number of nitrogens with zero attached hydrogens (tertiary/aromatic N) is 4. The molecule has 10 heteroatoms. The first-order valence-electron chi connectivity index (χ1n) is 11.3. The number of aryl methyl sites for hydroxylation is 2. The fraction of sp³-hybridized carbons (Fsp3) is 0.320. The molecule has 0 bridgehead atoms. The number of nitrogens with one attached hydrogen (secondary N) is 1. The van der Waals surface area contributed by atoms with Gasteiger partial charge in [-0.3, -0.25) is 9.59 Å². The van der Waals surface area contributed by atoms with Gasteiger partial charge in [-0.1, -0.05) is 29.8 Å². The van der Waals surface area contributed by atoms with Crippen LogP contribution in [0.4, 0.5) is 5.69 Å². The van der Waals surface area contributed by atoms with Crippen molar-refractivity contribution in [1.29, 1.82) is 0 Å². The number of para-hydroxylation sites is 1. The minimum Gasteiger partial charge on any atom is -0.451 e. The number of benzene rings is 1. The van der Waals surface area contributed by atoms with E-state index in [1.54, 1.807) is 21.7 Å². The number of ether oxygens (including phenoxy) is 1. The number of piperidine rings is 1. The maximum Gasteiger partial charge on any atom is 0.359 e. The maximum absolute atomic E-state index is 12.6. The van der Waals surface area contributed by atoms with Crippen LogP contribution in [0.15, 0.2) is 48.5 Å². The highest BCUT2D eigenvalue weighted by molar-refractivity contribution is 6.33. The van der Waals surface area contributed by atoms with Crippen molar-refractivity contribution in [1.82, 2.24) is 19.7 Å². The molecule has 182 valence electrons. The van der Waals surface area contributed by atoms with Gasteiger partial charge < -0.3 is 15.0 Å². The molecule has 1 fully saturated rings. The second-order valence-corrected chi connectivity index (χ2v) is 8.83. The van der Waals surface area contributed by atoms with E-state index >= 15 is 0 Å². The van der Waals surface area contributed by atoms with Crippen molar-refractivity contribution in [3.63, 3.8) is 0 Å². The lowest BCUT2D eigenvalue weighted by atomic mass is 9.95. The van der Waals surface area contributed by atoms with Crippen LogP contribution in [0.5, 0.6) is 0 Å². The van der Waals surface area contributed by atoms with Crippen molar-refractivity contribution >= 4 is 35.1 Å². The number of carbonyl (C=O) groups excluding carboxylic acids is 3. The highest BCUT2D eigenvalue weighted by Gasteiger charge is 2.28. The Bertz CT molecular complexity index is 1240. The molecule has 0 spiro atoms. The highest BCUT2D eigenvalue weighted by Crippen LogP contribution is 2.21. The Morgan fingerprint density at radius 3 is 2.46 bits per heavy atom. The number of rotatable bonds is 6. The van der Waals surface area contributed by atoms with Crippen LogP contribution in [0.1, 0.15) is 34.7 Å². The quantitative estimate of drug-likeness (QED) is 0.524. The van der Waals surface area contributed by atoms with Crippen LogP contribution in [0, 0.1) is 19.8 Å². The van der Waals surface area contributed by atoms with E-state index in [0.29, 0.717) is 31.7 Å². The van der Waals surface area contributed by atoms with E-state index in [4.69, 9.17) is 16.3 Å². The number of amides is 2. The van der Waals surface area contributed by atoms with Gasteiger partial charge in [0.2, 0.25) is 5.91 Å². The standard InChI is InChI=1S/C25H26ClN5O4/c1-16-14-17(2)31(29-16)21-9-8-20(26)23(28-21)25(34)35-15-22(32)30-12-10-18(11-13-30)24(33)27-19-6-4-3-5-7-19/h3-9,14,18H,10-13,15H2,1-2H3,(H,27,33). The topological polar surface area (TPSA) is 106 Å². The van der Waals surface area contributed by atoms with Crippen LogP contribution in [0.2, 0.25) is 5.02 Å². The molecule has 35 heavy (non-hydrogen) atoms. The second kappa shape index (κ2) is 10.7. The Kier molecular flexibility index (Phi) is 7.45. The lowest BCUT2D eigenvalue weighted by molar-refractivity contribution is -0.137. The summed E-state index contributed by atoms with van der Waals surface area (Å²) < 4.78 is 6.82. The van der Waals surface area contributed by atoms with Crippen molar-refractivity contribution in [3.05, 3.63) is 70.6 Å². The zero-order chi connectivity index (χ0) is 24.9. The van der Waals surface area contributed by atoms with Gasteiger partial charge in [-0.2, -0.15) is 5.10 Å². The molecule has 4 rings (SSSR count). The largest absolute Gasteiger partial charge is 0.451 e. The fourth-order valence-electron chi connectivity index (χ4n) is 4.00. The third-order valence-electron chi connectivity index (χ3n) is 5.84. The molecular formula is C25H26ClN5O4. The Balaban J connectivity index is 1.30. The van der Waals surface area contributed by atoms with E-state index in [0.717, 1.165) is 17.1 Å². The van der Waals surface area contributed by atoms with E-state index < -0.39 is 12.6 Å². The fourth-order valence-corrected chi connectivity index (χ4v) is 4.18. The molecule has 3 heterocycles. The minimum atomic E-state index is -0.788. The Labute approximate surface area is 208 Å². The Morgan fingerprint density at radius 1 is 1.09 bits per heavy atom. The first kappa shape index (κ1) is 24.4. The maximum atomic E-state index is 12.6. The Hall–Kier alpha value is -3.72. The van der Waals surface area contributed by atoms with E-state index in [1.165, 1.54) is 0 Å². The molecule has 9 nitrogen and oxygen atoms in total. The predicted octanol–water partition coefficient (Wildman–Crippen LogP) is 3.57. The predicted molar refractivity (Wildman–Crippen MR) is 131 cm³/mol. The number of pyridine rings is 1. The highest BCUT2D eigenvalue weighted by atomic mass is 35.5. The van der Waals surface area contributed by atoms with E-state index in [1.807, 2.05) is 50.2 Å². The van der Waals surface area contributed by atoms with Crippen molar-refractivity contribution < 1.29 is 19.1 Å². The van der Waals surface area contributed by atoms with Crippen LogP contribution >= 0.6 is 11.6 Å². The smallest absolute Gasteiger partial charge is 0.359 e. The lowest BCUT2D eigenvalue weighted by Gasteiger charge is -2.31. The van der Waals surface area contributed by atoms with Gasteiger partial charge in [-0.05, 0) is 57.0 Å². The Morgan fingerprint density at radius 2 is 1.80 bits per heavy atom. The molecule has 2 aromatic heterocycles. The van der Waals surface area contributed by atoms with Crippen LogP contribution in [-0.2, 0) is 14.3 Å². The summed E-state index contributed by atoms with van der Waals surface area (Å²) in [6.45, 7) is 4.13. The first-order valence-corrected chi connectivity index (χ1v) is 11.7. The van der Waals surface area contributed by atoms with Gasteiger partial charge in [-0.15, -0.1) is 0 Å². The average Bonchev–Trinajstić information content (AvgIpc) is 3.21. The van der Waals surface area contributed by atoms with Crippen LogP contribution in [0.25, 0.3) is 5.82 Å². The second-order valence-electron chi connectivity index (χ2n) is 8.43. The summed E-state index contributed by atoms with van der Waals surface area (Å²) in [6, 6.07) is 14.4. The van der Waals surface area contributed by atoms with E-state index in [2.05, 4.69) is 15.4 Å². The van der Waals surface area contributed by atoms with E-state index in [-0.39, 0.29) is 28.4 Å². The molecule has 1 aliphatic heterocycles. The molecule has 0 radical (unpaired) electrons.